The number of nitrogens with one attached hydrogen (secondary N) is 1. The van der Waals surface area contributed by atoms with E-state index in [1.165, 1.54) is 5.01 Å². The summed E-state index contributed by atoms with van der Waals surface area (Å²) in [6, 6.07) is 0.187. The maximum atomic E-state index is 5.77. The first-order chi connectivity index (χ1) is 9.11. The zero-order valence-electron chi connectivity index (χ0n) is 12.0. The maximum absolute atomic E-state index is 5.77. The number of thiazole rings is 1. The van der Waals surface area contributed by atoms with Crippen molar-refractivity contribution in [2.24, 2.45) is 10.7 Å². The van der Waals surface area contributed by atoms with Crippen molar-refractivity contribution in [2.75, 3.05) is 20.3 Å². The molecule has 0 spiro atoms. The Labute approximate surface area is 119 Å². The maximum Gasteiger partial charge on any atom is 0.188 e. The van der Waals surface area contributed by atoms with Crippen LogP contribution in [0.3, 0.4) is 0 Å². The standard InChI is InChI=1S/C13H24N4OS/c1-10(8-18-3)17-13(14)15-7-5-4-6-12-16-11(2)9-19-12/h9-10H,4-8H2,1-3H3,(H3,14,15,17). The molecule has 0 amide bonds. The Balaban J connectivity index is 2.12. The third kappa shape index (κ3) is 7.12. The Morgan fingerprint density at radius 1 is 1.58 bits per heavy atom. The Hall–Kier alpha value is -1.14. The van der Waals surface area contributed by atoms with Crippen molar-refractivity contribution < 1.29 is 4.74 Å². The minimum Gasteiger partial charge on any atom is -0.383 e. The van der Waals surface area contributed by atoms with Gasteiger partial charge in [0.05, 0.1) is 11.6 Å². The third-order valence-electron chi connectivity index (χ3n) is 2.56. The molecule has 1 atom stereocenters. The smallest absolute Gasteiger partial charge is 0.188 e. The first-order valence-electron chi connectivity index (χ1n) is 6.58. The molecule has 6 heteroatoms. The lowest BCUT2D eigenvalue weighted by Gasteiger charge is -2.12. The first kappa shape index (κ1) is 15.9. The number of aromatic nitrogens is 1. The summed E-state index contributed by atoms with van der Waals surface area (Å²) in [5.74, 6) is 0.495. The van der Waals surface area contributed by atoms with E-state index in [0.29, 0.717) is 12.6 Å². The van der Waals surface area contributed by atoms with Gasteiger partial charge in [-0.1, -0.05) is 0 Å². The van der Waals surface area contributed by atoms with Crippen molar-refractivity contribution >= 4 is 17.3 Å². The molecule has 1 heterocycles. The van der Waals surface area contributed by atoms with Crippen molar-refractivity contribution in [1.29, 1.82) is 0 Å². The molecule has 0 aromatic carbocycles. The summed E-state index contributed by atoms with van der Waals surface area (Å²) in [5.41, 5.74) is 6.88. The van der Waals surface area contributed by atoms with Gasteiger partial charge in [-0.2, -0.15) is 0 Å². The molecular weight excluding hydrogens is 260 g/mol. The van der Waals surface area contributed by atoms with Crippen molar-refractivity contribution in [3.63, 3.8) is 0 Å². The average molecular weight is 284 g/mol. The highest BCUT2D eigenvalue weighted by atomic mass is 32.1. The molecule has 0 aliphatic heterocycles. The number of nitrogens with two attached hydrogens (primary N) is 1. The van der Waals surface area contributed by atoms with Crippen LogP contribution in [0.2, 0.25) is 0 Å². The number of ether oxygens (including phenoxy) is 1. The predicted molar refractivity (Wildman–Crippen MR) is 80.8 cm³/mol. The molecule has 0 saturated heterocycles. The predicted octanol–water partition coefficient (Wildman–Crippen LogP) is 1.71. The summed E-state index contributed by atoms with van der Waals surface area (Å²) >= 11 is 1.73. The Kier molecular flexibility index (Phi) is 7.43. The summed E-state index contributed by atoms with van der Waals surface area (Å²) in [4.78, 5) is 8.73. The van der Waals surface area contributed by atoms with Gasteiger partial charge in [-0.25, -0.2) is 4.98 Å². The van der Waals surface area contributed by atoms with E-state index in [1.54, 1.807) is 18.4 Å². The van der Waals surface area contributed by atoms with Crippen molar-refractivity contribution in [2.45, 2.75) is 39.2 Å². The Morgan fingerprint density at radius 2 is 2.37 bits per heavy atom. The van der Waals surface area contributed by atoms with Crippen LogP contribution in [0.25, 0.3) is 0 Å². The molecule has 108 valence electrons. The first-order valence-corrected chi connectivity index (χ1v) is 7.46. The number of aryl methyl sites for hydroxylation is 2. The topological polar surface area (TPSA) is 72.5 Å². The lowest BCUT2D eigenvalue weighted by Crippen LogP contribution is -2.40. The SMILES string of the molecule is COCC(C)NC(N)=NCCCCc1nc(C)cs1. The molecule has 1 aromatic heterocycles. The van der Waals surface area contributed by atoms with E-state index in [2.05, 4.69) is 20.7 Å². The normalized spacial score (nSPS) is 13.5. The van der Waals surface area contributed by atoms with Crippen LogP contribution in [-0.4, -0.2) is 37.2 Å². The summed E-state index contributed by atoms with van der Waals surface area (Å²) in [6.07, 6.45) is 3.15. The molecule has 3 N–H and O–H groups in total. The summed E-state index contributed by atoms with van der Waals surface area (Å²) < 4.78 is 5.02. The van der Waals surface area contributed by atoms with Gasteiger partial charge >= 0.3 is 0 Å². The van der Waals surface area contributed by atoms with Gasteiger partial charge in [0.15, 0.2) is 5.96 Å². The fourth-order valence-corrected chi connectivity index (χ4v) is 2.51. The molecule has 0 aliphatic carbocycles. The van der Waals surface area contributed by atoms with Crippen molar-refractivity contribution in [1.82, 2.24) is 10.3 Å². The summed E-state index contributed by atoms with van der Waals surface area (Å²) in [6.45, 7) is 5.41. The van der Waals surface area contributed by atoms with Gasteiger partial charge in [-0.05, 0) is 33.1 Å². The minimum absolute atomic E-state index is 0.187. The van der Waals surface area contributed by atoms with E-state index < -0.39 is 0 Å². The van der Waals surface area contributed by atoms with Gasteiger partial charge in [-0.3, -0.25) is 4.99 Å². The Morgan fingerprint density at radius 3 is 3.00 bits per heavy atom. The van der Waals surface area contributed by atoms with Crippen LogP contribution >= 0.6 is 11.3 Å². The highest BCUT2D eigenvalue weighted by Gasteiger charge is 2.01. The second-order valence-corrected chi connectivity index (χ2v) is 5.55. The van der Waals surface area contributed by atoms with Gasteiger partial charge < -0.3 is 15.8 Å². The van der Waals surface area contributed by atoms with Gasteiger partial charge in [0, 0.05) is 30.8 Å². The largest absolute Gasteiger partial charge is 0.383 e. The Bertz CT molecular complexity index is 392. The monoisotopic (exact) mass is 284 g/mol. The van der Waals surface area contributed by atoms with Crippen LogP contribution in [0.1, 0.15) is 30.5 Å². The molecular formula is C13H24N4OS. The third-order valence-corrected chi connectivity index (χ3v) is 3.58. The fourth-order valence-electron chi connectivity index (χ4n) is 1.69. The molecule has 1 unspecified atom stereocenters. The molecule has 0 saturated carbocycles. The van der Waals surface area contributed by atoms with E-state index in [9.17, 15) is 0 Å². The number of nitrogens with zero attached hydrogens (tertiary/aromatic N) is 2. The number of hydrogen-bond donors (Lipinski definition) is 2. The number of rotatable bonds is 8. The van der Waals surface area contributed by atoms with E-state index >= 15 is 0 Å². The van der Waals surface area contributed by atoms with Crippen molar-refractivity contribution in [3.05, 3.63) is 16.1 Å². The van der Waals surface area contributed by atoms with Gasteiger partial charge in [0.2, 0.25) is 0 Å². The zero-order valence-corrected chi connectivity index (χ0v) is 12.8. The van der Waals surface area contributed by atoms with E-state index in [0.717, 1.165) is 31.5 Å². The van der Waals surface area contributed by atoms with E-state index in [1.807, 2.05) is 13.8 Å². The number of aliphatic imine (C=N–C) groups is 1. The van der Waals surface area contributed by atoms with Gasteiger partial charge in [-0.15, -0.1) is 11.3 Å². The molecule has 5 nitrogen and oxygen atoms in total. The number of hydrogen-bond acceptors (Lipinski definition) is 4. The molecule has 0 fully saturated rings. The minimum atomic E-state index is 0.187. The van der Waals surface area contributed by atoms with Crippen LogP contribution in [-0.2, 0) is 11.2 Å². The number of guanidine groups is 1. The second-order valence-electron chi connectivity index (χ2n) is 4.61. The average Bonchev–Trinajstić information content (AvgIpc) is 2.75. The molecule has 19 heavy (non-hydrogen) atoms. The fraction of sp³-hybridized carbons (Fsp3) is 0.692. The van der Waals surface area contributed by atoms with Crippen LogP contribution in [0, 0.1) is 6.92 Å². The van der Waals surface area contributed by atoms with Crippen molar-refractivity contribution in [3.8, 4) is 0 Å². The van der Waals surface area contributed by atoms with E-state index in [-0.39, 0.29) is 6.04 Å². The zero-order chi connectivity index (χ0) is 14.1. The summed E-state index contributed by atoms with van der Waals surface area (Å²) in [5, 5.41) is 6.38. The highest BCUT2D eigenvalue weighted by molar-refractivity contribution is 7.09. The lowest BCUT2D eigenvalue weighted by molar-refractivity contribution is 0.179. The number of unbranched alkanes of at least 4 members (excludes halogenated alkanes) is 1. The molecule has 0 radical (unpaired) electrons. The van der Waals surface area contributed by atoms with Crippen LogP contribution < -0.4 is 11.1 Å². The molecule has 1 aromatic rings. The van der Waals surface area contributed by atoms with Crippen LogP contribution in [0.5, 0.6) is 0 Å². The lowest BCUT2D eigenvalue weighted by atomic mass is 10.2. The second kappa shape index (κ2) is 8.87. The quantitative estimate of drug-likeness (QED) is 0.433. The van der Waals surface area contributed by atoms with Gasteiger partial charge in [0.1, 0.15) is 0 Å². The number of methoxy groups -OCH3 is 1. The van der Waals surface area contributed by atoms with Crippen LogP contribution in [0.4, 0.5) is 0 Å². The van der Waals surface area contributed by atoms with Crippen LogP contribution in [0.15, 0.2) is 10.4 Å². The van der Waals surface area contributed by atoms with Gasteiger partial charge in [0.25, 0.3) is 0 Å². The summed E-state index contributed by atoms with van der Waals surface area (Å²) in [7, 11) is 1.67. The highest BCUT2D eigenvalue weighted by Crippen LogP contribution is 2.11. The molecule has 1 rings (SSSR count). The van der Waals surface area contributed by atoms with E-state index in [4.69, 9.17) is 10.5 Å². The molecule has 0 bridgehead atoms. The molecule has 0 aliphatic rings.